The van der Waals surface area contributed by atoms with Gasteiger partial charge in [0.15, 0.2) is 0 Å². The number of aliphatic hydroxyl groups is 1. The van der Waals surface area contributed by atoms with Gasteiger partial charge in [0.25, 0.3) is 0 Å². The van der Waals surface area contributed by atoms with Gasteiger partial charge in [-0.25, -0.2) is 4.98 Å². The first-order chi connectivity index (χ1) is 7.22. The Hall–Kier alpha value is -1.29. The highest BCUT2D eigenvalue weighted by atomic mass is 16.3. The van der Waals surface area contributed by atoms with E-state index in [1.165, 1.54) is 0 Å². The molecule has 1 unspecified atom stereocenters. The van der Waals surface area contributed by atoms with E-state index in [2.05, 4.69) is 22.5 Å². The normalized spacial score (nSPS) is 12.2. The predicted molar refractivity (Wildman–Crippen MR) is 63.2 cm³/mol. The molecule has 1 rings (SSSR count). The zero-order valence-electron chi connectivity index (χ0n) is 9.33. The zero-order chi connectivity index (χ0) is 11.1. The monoisotopic (exact) mass is 209 g/mol. The molecule has 15 heavy (non-hydrogen) atoms. The summed E-state index contributed by atoms with van der Waals surface area (Å²) in [6, 6.07) is 3.83. The second-order valence-corrected chi connectivity index (χ2v) is 3.59. The van der Waals surface area contributed by atoms with Crippen molar-refractivity contribution in [3.05, 3.63) is 18.3 Å². The minimum Gasteiger partial charge on any atom is -0.392 e. The summed E-state index contributed by atoms with van der Waals surface area (Å²) in [5, 5.41) is 15.5. The maximum absolute atomic E-state index is 9.13. The van der Waals surface area contributed by atoms with Crippen LogP contribution in [0, 0.1) is 0 Å². The largest absolute Gasteiger partial charge is 0.392 e. The summed E-state index contributed by atoms with van der Waals surface area (Å²) in [6.07, 6.45) is 2.49. The van der Waals surface area contributed by atoms with Crippen LogP contribution in [0.15, 0.2) is 18.3 Å². The van der Waals surface area contributed by atoms with E-state index in [4.69, 9.17) is 5.11 Å². The van der Waals surface area contributed by atoms with E-state index in [-0.39, 0.29) is 6.10 Å². The quantitative estimate of drug-likeness (QED) is 0.667. The molecule has 1 atom stereocenters. The van der Waals surface area contributed by atoms with Gasteiger partial charge in [0, 0.05) is 31.0 Å². The van der Waals surface area contributed by atoms with Crippen LogP contribution in [0.2, 0.25) is 0 Å². The molecule has 0 fully saturated rings. The molecule has 0 saturated heterocycles. The van der Waals surface area contributed by atoms with E-state index >= 15 is 0 Å². The second-order valence-electron chi connectivity index (χ2n) is 3.59. The van der Waals surface area contributed by atoms with Crippen molar-refractivity contribution >= 4 is 11.5 Å². The number of hydrogen-bond donors (Lipinski definition) is 3. The molecule has 0 spiro atoms. The molecule has 0 aliphatic rings. The van der Waals surface area contributed by atoms with E-state index in [0.29, 0.717) is 6.54 Å². The van der Waals surface area contributed by atoms with Crippen molar-refractivity contribution < 1.29 is 5.11 Å². The molecule has 0 amide bonds. The number of pyridine rings is 1. The van der Waals surface area contributed by atoms with Crippen LogP contribution in [0.5, 0.6) is 0 Å². The molecule has 0 aliphatic carbocycles. The number of aliphatic hydroxyl groups excluding tert-OH is 1. The summed E-state index contributed by atoms with van der Waals surface area (Å²) in [5.74, 6) is 0.868. The van der Waals surface area contributed by atoms with Gasteiger partial charge in [-0.2, -0.15) is 0 Å². The Balaban J connectivity index is 2.50. The fraction of sp³-hybridized carbons (Fsp3) is 0.545. The average Bonchev–Trinajstić information content (AvgIpc) is 2.24. The molecule has 1 aromatic rings. The van der Waals surface area contributed by atoms with Crippen LogP contribution >= 0.6 is 0 Å². The van der Waals surface area contributed by atoms with Gasteiger partial charge in [0.05, 0.1) is 6.10 Å². The average molecular weight is 209 g/mol. The fourth-order valence-corrected chi connectivity index (χ4v) is 1.16. The van der Waals surface area contributed by atoms with Crippen LogP contribution in [0.3, 0.4) is 0 Å². The van der Waals surface area contributed by atoms with Crippen LogP contribution in [0.1, 0.15) is 20.3 Å². The van der Waals surface area contributed by atoms with Crippen molar-refractivity contribution in [1.82, 2.24) is 4.98 Å². The first-order valence-electron chi connectivity index (χ1n) is 5.34. The summed E-state index contributed by atoms with van der Waals surface area (Å²) in [6.45, 7) is 5.34. The van der Waals surface area contributed by atoms with Crippen LogP contribution in [-0.4, -0.2) is 29.3 Å². The van der Waals surface area contributed by atoms with E-state index < -0.39 is 0 Å². The summed E-state index contributed by atoms with van der Waals surface area (Å²) in [4.78, 5) is 4.19. The van der Waals surface area contributed by atoms with Crippen LogP contribution in [0.4, 0.5) is 11.5 Å². The number of nitrogens with one attached hydrogen (secondary N) is 2. The van der Waals surface area contributed by atoms with Gasteiger partial charge in [-0.05, 0) is 19.4 Å². The highest BCUT2D eigenvalue weighted by Gasteiger charge is 1.98. The molecule has 0 aromatic carbocycles. The van der Waals surface area contributed by atoms with Crippen molar-refractivity contribution in [3.8, 4) is 0 Å². The van der Waals surface area contributed by atoms with Gasteiger partial charge >= 0.3 is 0 Å². The highest BCUT2D eigenvalue weighted by molar-refractivity contribution is 5.51. The molecule has 3 N–H and O–H groups in total. The predicted octanol–water partition coefficient (Wildman–Crippen LogP) is 1.70. The van der Waals surface area contributed by atoms with Crippen molar-refractivity contribution in [3.63, 3.8) is 0 Å². The molecule has 0 saturated carbocycles. The molecule has 0 bridgehead atoms. The third-order valence-electron chi connectivity index (χ3n) is 1.92. The van der Waals surface area contributed by atoms with Gasteiger partial charge < -0.3 is 15.7 Å². The molecule has 1 heterocycles. The summed E-state index contributed by atoms with van der Waals surface area (Å²) in [5.41, 5.74) is 0.976. The van der Waals surface area contributed by atoms with Crippen molar-refractivity contribution in [2.75, 3.05) is 23.7 Å². The zero-order valence-corrected chi connectivity index (χ0v) is 9.33. The number of aromatic nitrogens is 1. The SMILES string of the molecule is CCCNc1cc(NCC(C)O)ccn1. The molecular weight excluding hydrogens is 190 g/mol. The van der Waals surface area contributed by atoms with Gasteiger partial charge in [-0.15, -0.1) is 0 Å². The minimum absolute atomic E-state index is 0.342. The Bertz CT molecular complexity index is 289. The Morgan fingerprint density at radius 2 is 2.27 bits per heavy atom. The molecule has 0 radical (unpaired) electrons. The third kappa shape index (κ3) is 4.65. The summed E-state index contributed by atoms with van der Waals surface area (Å²) in [7, 11) is 0. The molecular formula is C11H19N3O. The number of hydrogen-bond acceptors (Lipinski definition) is 4. The Kier molecular flexibility index (Phi) is 4.90. The lowest BCUT2D eigenvalue weighted by molar-refractivity contribution is 0.208. The summed E-state index contributed by atoms with van der Waals surface area (Å²) >= 11 is 0. The van der Waals surface area contributed by atoms with Crippen LogP contribution in [-0.2, 0) is 0 Å². The fourth-order valence-electron chi connectivity index (χ4n) is 1.16. The molecule has 4 nitrogen and oxygen atoms in total. The van der Waals surface area contributed by atoms with Crippen LogP contribution < -0.4 is 10.6 Å². The lowest BCUT2D eigenvalue weighted by atomic mass is 10.3. The first kappa shape index (κ1) is 11.8. The van der Waals surface area contributed by atoms with E-state index in [1.807, 2.05) is 12.1 Å². The maximum atomic E-state index is 9.13. The van der Waals surface area contributed by atoms with Gasteiger partial charge in [0.2, 0.25) is 0 Å². The van der Waals surface area contributed by atoms with Gasteiger partial charge in [0.1, 0.15) is 5.82 Å². The maximum Gasteiger partial charge on any atom is 0.127 e. The van der Waals surface area contributed by atoms with E-state index in [0.717, 1.165) is 24.5 Å². The van der Waals surface area contributed by atoms with Gasteiger partial charge in [-0.3, -0.25) is 0 Å². The molecule has 0 aliphatic heterocycles. The topological polar surface area (TPSA) is 57.2 Å². The number of anilines is 2. The number of nitrogens with zero attached hydrogens (tertiary/aromatic N) is 1. The van der Waals surface area contributed by atoms with Crippen molar-refractivity contribution in [2.45, 2.75) is 26.4 Å². The molecule has 4 heteroatoms. The lowest BCUT2D eigenvalue weighted by Crippen LogP contribution is -2.15. The van der Waals surface area contributed by atoms with Crippen LogP contribution in [0.25, 0.3) is 0 Å². The first-order valence-corrected chi connectivity index (χ1v) is 5.34. The van der Waals surface area contributed by atoms with E-state index in [1.54, 1.807) is 13.1 Å². The second kappa shape index (κ2) is 6.24. The molecule has 1 aromatic heterocycles. The Morgan fingerprint density at radius 1 is 1.47 bits per heavy atom. The highest BCUT2D eigenvalue weighted by Crippen LogP contribution is 2.11. The smallest absolute Gasteiger partial charge is 0.127 e. The molecule has 84 valence electrons. The standard InChI is InChI=1S/C11H19N3O/c1-3-5-12-11-7-10(4-6-13-11)14-8-9(2)15/h4,6-7,9,15H,3,5,8H2,1-2H3,(H2,12,13,14). The number of rotatable bonds is 6. The van der Waals surface area contributed by atoms with Crippen molar-refractivity contribution in [1.29, 1.82) is 0 Å². The lowest BCUT2D eigenvalue weighted by Gasteiger charge is -2.10. The third-order valence-corrected chi connectivity index (χ3v) is 1.92. The Labute approximate surface area is 90.7 Å². The minimum atomic E-state index is -0.342. The van der Waals surface area contributed by atoms with Gasteiger partial charge in [-0.1, -0.05) is 6.92 Å². The Morgan fingerprint density at radius 3 is 2.93 bits per heavy atom. The van der Waals surface area contributed by atoms with E-state index in [9.17, 15) is 0 Å². The van der Waals surface area contributed by atoms with Crippen molar-refractivity contribution in [2.24, 2.45) is 0 Å². The summed E-state index contributed by atoms with van der Waals surface area (Å²) < 4.78 is 0.